The molecule has 8 nitrogen and oxygen atoms in total. The molecule has 3 fully saturated rings. The predicted octanol–water partition coefficient (Wildman–Crippen LogP) is 1.53. The molecule has 29 heavy (non-hydrogen) atoms. The zero-order valence-electron chi connectivity index (χ0n) is 16.4. The number of imide groups is 1. The van der Waals surface area contributed by atoms with Crippen molar-refractivity contribution in [2.24, 2.45) is 5.73 Å². The van der Waals surface area contributed by atoms with Crippen LogP contribution < -0.4 is 11.1 Å². The maximum absolute atomic E-state index is 13.0. The number of nitrogens with zero attached hydrogens (tertiary/aromatic N) is 2. The first-order chi connectivity index (χ1) is 13.9. The molecule has 2 aliphatic carbocycles. The smallest absolute Gasteiger partial charge is 0.325 e. The van der Waals surface area contributed by atoms with Gasteiger partial charge in [-0.2, -0.15) is 0 Å². The van der Waals surface area contributed by atoms with Crippen LogP contribution >= 0.6 is 0 Å². The highest BCUT2D eigenvalue weighted by Gasteiger charge is 2.52. The van der Waals surface area contributed by atoms with E-state index in [0.29, 0.717) is 24.9 Å². The van der Waals surface area contributed by atoms with Gasteiger partial charge in [0, 0.05) is 18.2 Å². The van der Waals surface area contributed by atoms with Crippen LogP contribution in [0.5, 0.6) is 0 Å². The number of primary amides is 1. The molecule has 8 heteroatoms. The Bertz CT molecular complexity index is 841. The molecular formula is C21H26N4O4. The van der Waals surface area contributed by atoms with Crippen molar-refractivity contribution in [3.63, 3.8) is 0 Å². The van der Waals surface area contributed by atoms with E-state index < -0.39 is 17.5 Å². The summed E-state index contributed by atoms with van der Waals surface area (Å²) in [6.45, 7) is 0.139. The summed E-state index contributed by atoms with van der Waals surface area (Å²) in [4.78, 5) is 52.4. The minimum absolute atomic E-state index is 0.128. The maximum Gasteiger partial charge on any atom is 0.325 e. The fourth-order valence-electron chi connectivity index (χ4n) is 4.32. The number of hydrogen-bond acceptors (Lipinski definition) is 4. The average Bonchev–Trinajstić information content (AvgIpc) is 3.52. The monoisotopic (exact) mass is 398 g/mol. The van der Waals surface area contributed by atoms with Gasteiger partial charge in [-0.15, -0.1) is 0 Å². The van der Waals surface area contributed by atoms with Crippen LogP contribution in [0.3, 0.4) is 0 Å². The van der Waals surface area contributed by atoms with Crippen molar-refractivity contribution in [3.05, 3.63) is 35.4 Å². The first kappa shape index (κ1) is 19.4. The molecule has 1 heterocycles. The maximum atomic E-state index is 13.0. The number of nitrogens with two attached hydrogens (primary N) is 1. The molecule has 1 spiro atoms. The van der Waals surface area contributed by atoms with E-state index in [4.69, 9.17) is 5.73 Å². The van der Waals surface area contributed by atoms with Crippen LogP contribution in [0, 0.1) is 0 Å². The van der Waals surface area contributed by atoms with Crippen molar-refractivity contribution in [1.29, 1.82) is 0 Å². The number of carbonyl (C=O) groups excluding carboxylic acids is 4. The van der Waals surface area contributed by atoms with Crippen molar-refractivity contribution < 1.29 is 19.2 Å². The van der Waals surface area contributed by atoms with E-state index in [1.165, 1.54) is 0 Å². The van der Waals surface area contributed by atoms with Gasteiger partial charge in [0.05, 0.1) is 0 Å². The Labute approximate surface area is 169 Å². The highest BCUT2D eigenvalue weighted by molar-refractivity contribution is 6.09. The Kier molecular flexibility index (Phi) is 5.02. The fraction of sp³-hybridized carbons (Fsp3) is 0.524. The summed E-state index contributed by atoms with van der Waals surface area (Å²) >= 11 is 0. The number of amides is 5. The van der Waals surface area contributed by atoms with E-state index in [-0.39, 0.29) is 24.4 Å². The molecule has 0 atom stereocenters. The van der Waals surface area contributed by atoms with Crippen LogP contribution in [0.2, 0.25) is 0 Å². The van der Waals surface area contributed by atoms with Gasteiger partial charge in [-0.1, -0.05) is 31.4 Å². The van der Waals surface area contributed by atoms with Crippen molar-refractivity contribution in [3.8, 4) is 0 Å². The molecule has 1 aromatic carbocycles. The Morgan fingerprint density at radius 3 is 2.34 bits per heavy atom. The van der Waals surface area contributed by atoms with Gasteiger partial charge >= 0.3 is 6.03 Å². The summed E-state index contributed by atoms with van der Waals surface area (Å²) in [7, 11) is 0. The molecule has 3 N–H and O–H groups in total. The first-order valence-corrected chi connectivity index (χ1v) is 10.2. The zero-order chi connectivity index (χ0) is 20.6. The lowest BCUT2D eigenvalue weighted by atomic mass is 9.82. The van der Waals surface area contributed by atoms with Gasteiger partial charge in [-0.25, -0.2) is 4.79 Å². The number of benzene rings is 1. The first-order valence-electron chi connectivity index (χ1n) is 10.2. The lowest BCUT2D eigenvalue weighted by Crippen LogP contribution is -2.49. The standard InChI is InChI=1S/C21H26N4O4/c22-18(27)15-6-4-14(5-7-15)12-24(16-8-9-16)17(26)13-25-19(28)21(23-20(25)29)10-2-1-3-11-21/h4-7,16H,1-3,8-13H2,(H2,22,27)(H,23,29). The lowest BCUT2D eigenvalue weighted by molar-refractivity contribution is -0.140. The van der Waals surface area contributed by atoms with Crippen molar-refractivity contribution in [2.75, 3.05) is 6.54 Å². The molecule has 4 rings (SSSR count). The second kappa shape index (κ2) is 7.50. The van der Waals surface area contributed by atoms with Crippen molar-refractivity contribution >= 4 is 23.8 Å². The number of urea groups is 1. The molecule has 154 valence electrons. The van der Waals surface area contributed by atoms with Gasteiger partial charge in [-0.3, -0.25) is 19.3 Å². The SMILES string of the molecule is NC(=O)c1ccc(CN(C(=O)CN2C(=O)NC3(CCCCC3)C2=O)C2CC2)cc1. The number of rotatable bonds is 6. The number of nitrogens with one attached hydrogen (secondary N) is 1. The summed E-state index contributed by atoms with van der Waals surface area (Å²) in [5.74, 6) is -0.998. The van der Waals surface area contributed by atoms with Crippen LogP contribution in [0.1, 0.15) is 60.9 Å². The zero-order valence-corrected chi connectivity index (χ0v) is 16.4. The number of hydrogen-bond donors (Lipinski definition) is 2. The third-order valence-electron chi connectivity index (χ3n) is 6.15. The van der Waals surface area contributed by atoms with E-state index >= 15 is 0 Å². The van der Waals surface area contributed by atoms with Gasteiger partial charge in [-0.05, 0) is 43.4 Å². The highest BCUT2D eigenvalue weighted by atomic mass is 16.2. The van der Waals surface area contributed by atoms with Gasteiger partial charge in [0.1, 0.15) is 12.1 Å². The van der Waals surface area contributed by atoms with Gasteiger partial charge in [0.25, 0.3) is 5.91 Å². The molecular weight excluding hydrogens is 372 g/mol. The van der Waals surface area contributed by atoms with Gasteiger partial charge < -0.3 is 16.0 Å². The summed E-state index contributed by atoms with van der Waals surface area (Å²) in [5.41, 5.74) is 5.74. The molecule has 0 radical (unpaired) electrons. The molecule has 1 aromatic rings. The molecule has 0 bridgehead atoms. The third-order valence-corrected chi connectivity index (χ3v) is 6.15. The van der Waals surface area contributed by atoms with Crippen LogP contribution in [-0.2, 0) is 16.1 Å². The van der Waals surface area contributed by atoms with Gasteiger partial charge in [0.2, 0.25) is 11.8 Å². The van der Waals surface area contributed by atoms with E-state index in [1.54, 1.807) is 29.2 Å². The molecule has 0 unspecified atom stereocenters. The number of carbonyl (C=O) groups is 4. The highest BCUT2D eigenvalue weighted by Crippen LogP contribution is 2.34. The molecule has 1 aliphatic heterocycles. The van der Waals surface area contributed by atoms with Crippen molar-refractivity contribution in [1.82, 2.24) is 15.1 Å². The Balaban J connectivity index is 1.44. The van der Waals surface area contributed by atoms with Gasteiger partial charge in [0.15, 0.2) is 0 Å². The molecule has 5 amide bonds. The fourth-order valence-corrected chi connectivity index (χ4v) is 4.32. The van der Waals surface area contributed by atoms with E-state index in [2.05, 4.69) is 5.32 Å². The quantitative estimate of drug-likeness (QED) is 0.708. The molecule has 0 aromatic heterocycles. The molecule has 1 saturated heterocycles. The van der Waals surface area contributed by atoms with Crippen LogP contribution in [0.4, 0.5) is 4.79 Å². The average molecular weight is 398 g/mol. The minimum atomic E-state index is -0.815. The molecule has 3 aliphatic rings. The third kappa shape index (κ3) is 3.83. The normalized spacial score (nSPS) is 20.6. The van der Waals surface area contributed by atoms with Crippen LogP contribution in [0.15, 0.2) is 24.3 Å². The second-order valence-electron chi connectivity index (χ2n) is 8.28. The van der Waals surface area contributed by atoms with Crippen molar-refractivity contribution in [2.45, 2.75) is 63.1 Å². The Hall–Kier alpha value is -2.90. The summed E-state index contributed by atoms with van der Waals surface area (Å²) in [6, 6.07) is 6.48. The van der Waals surface area contributed by atoms with E-state index in [1.807, 2.05) is 0 Å². The summed E-state index contributed by atoms with van der Waals surface area (Å²) in [5, 5.41) is 2.85. The van der Waals surface area contributed by atoms with Crippen LogP contribution in [-0.4, -0.2) is 51.7 Å². The second-order valence-corrected chi connectivity index (χ2v) is 8.28. The Morgan fingerprint density at radius 2 is 1.76 bits per heavy atom. The summed E-state index contributed by atoms with van der Waals surface area (Å²) < 4.78 is 0. The topological polar surface area (TPSA) is 113 Å². The van der Waals surface area contributed by atoms with E-state index in [9.17, 15) is 19.2 Å². The summed E-state index contributed by atoms with van der Waals surface area (Å²) in [6.07, 6.45) is 5.98. The predicted molar refractivity (Wildman–Crippen MR) is 105 cm³/mol. The largest absolute Gasteiger partial charge is 0.366 e. The van der Waals surface area contributed by atoms with E-state index in [0.717, 1.165) is 42.6 Å². The van der Waals surface area contributed by atoms with Crippen LogP contribution in [0.25, 0.3) is 0 Å². The lowest BCUT2D eigenvalue weighted by Gasteiger charge is -2.30. The Morgan fingerprint density at radius 1 is 1.10 bits per heavy atom. The minimum Gasteiger partial charge on any atom is -0.366 e. The molecule has 2 saturated carbocycles.